The third-order valence-corrected chi connectivity index (χ3v) is 16.6. The highest BCUT2D eigenvalue weighted by Crippen LogP contribution is 2.57. The minimum absolute atomic E-state index is 0.0835. The zero-order valence-corrected chi connectivity index (χ0v) is 44.8. The molecule has 0 aliphatic carbocycles. The molecule has 5 amide bonds. The van der Waals surface area contributed by atoms with Gasteiger partial charge in [-0.25, -0.2) is 29.1 Å². The van der Waals surface area contributed by atoms with Gasteiger partial charge in [0.2, 0.25) is 23.7 Å². The summed E-state index contributed by atoms with van der Waals surface area (Å²) in [7, 11) is -5.23. The lowest BCUT2D eigenvalue weighted by molar-refractivity contribution is -0.137. The van der Waals surface area contributed by atoms with Gasteiger partial charge in [0, 0.05) is 36.6 Å². The van der Waals surface area contributed by atoms with Gasteiger partial charge in [0.05, 0.1) is 32.3 Å². The predicted molar refractivity (Wildman–Crippen MR) is 279 cm³/mol. The number of imidazole rings is 2. The molecule has 0 radical (unpaired) electrons. The number of nitrogens with zero attached hydrogens (tertiary/aromatic N) is 8. The summed E-state index contributed by atoms with van der Waals surface area (Å²) in [4.78, 5) is 120. The zero-order valence-electron chi connectivity index (χ0n) is 42.1. The topological polar surface area (TPSA) is 445 Å². The summed E-state index contributed by atoms with van der Waals surface area (Å²) in [5.41, 5.74) is 10.7. The van der Waals surface area contributed by atoms with Crippen LogP contribution in [0.5, 0.6) is 0 Å². The Balaban J connectivity index is 0.822. The molecule has 34 heteroatoms. The van der Waals surface area contributed by atoms with E-state index < -0.39 is 94.0 Å². The molecule has 3 aliphatic heterocycles. The van der Waals surface area contributed by atoms with E-state index in [1.807, 2.05) is 0 Å². The van der Waals surface area contributed by atoms with E-state index in [2.05, 4.69) is 45.9 Å². The number of unbranched alkanes of at least 4 members (excludes halogenated alkanes) is 2. The van der Waals surface area contributed by atoms with E-state index in [0.717, 1.165) is 22.0 Å². The van der Waals surface area contributed by atoms with Crippen molar-refractivity contribution in [1.29, 1.82) is 0 Å². The van der Waals surface area contributed by atoms with E-state index in [4.69, 9.17) is 34.5 Å². The number of nitrogen functional groups attached to an aromatic ring is 2. The highest BCUT2D eigenvalue weighted by atomic mass is 32.7. The van der Waals surface area contributed by atoms with Crippen molar-refractivity contribution in [3.63, 3.8) is 0 Å². The normalized spacial score (nSPS) is 23.0. The number of rotatable bonds is 25. The first-order chi connectivity index (χ1) is 37.5. The van der Waals surface area contributed by atoms with Crippen LogP contribution in [-0.2, 0) is 61.9 Å². The molecule has 0 spiro atoms. The summed E-state index contributed by atoms with van der Waals surface area (Å²) in [6.45, 7) is -3.50. The molecule has 31 nitrogen and oxygen atoms in total. The Bertz CT molecular complexity index is 3320. The molecule has 0 saturated carbocycles. The second kappa shape index (κ2) is 24.6. The number of benzene rings is 1. The number of amides is 5. The first-order valence-corrected chi connectivity index (χ1v) is 29.0. The number of aromatic amines is 1. The van der Waals surface area contributed by atoms with Crippen molar-refractivity contribution in [1.82, 2.24) is 54.6 Å². The number of carbonyl (C=O) groups is 5. The Labute approximate surface area is 451 Å². The summed E-state index contributed by atoms with van der Waals surface area (Å²) in [6.07, 6.45) is 3.44. The number of fused-ring (bicyclic) bond motifs is 2. The maximum absolute atomic E-state index is 13.7. The van der Waals surface area contributed by atoms with Gasteiger partial charge in [-0.15, -0.1) is 0 Å². The Morgan fingerprint density at radius 2 is 1.67 bits per heavy atom. The number of nitrogens with two attached hydrogens (primary N) is 2. The number of phosphoric acid groups is 1. The van der Waals surface area contributed by atoms with E-state index in [1.54, 1.807) is 16.7 Å². The summed E-state index contributed by atoms with van der Waals surface area (Å²) in [5, 5.41) is 29.7. The van der Waals surface area contributed by atoms with Crippen molar-refractivity contribution in [2.45, 2.75) is 100 Å². The summed E-state index contributed by atoms with van der Waals surface area (Å²) < 4.78 is 57.9. The fourth-order valence-corrected chi connectivity index (χ4v) is 11.6. The molecule has 2 saturated heterocycles. The van der Waals surface area contributed by atoms with Gasteiger partial charge in [0.15, 0.2) is 34.8 Å². The largest absolute Gasteiger partial charge is 0.485 e. The average Bonchev–Trinajstić information content (AvgIpc) is 4.40. The molecule has 79 heavy (non-hydrogen) atoms. The van der Waals surface area contributed by atoms with Gasteiger partial charge < -0.3 is 56.9 Å². The number of anilines is 3. The molecule has 0 bridgehead atoms. The highest BCUT2D eigenvalue weighted by molar-refractivity contribution is 8.54. The monoisotopic (exact) mass is 1160 g/mol. The third-order valence-electron chi connectivity index (χ3n) is 12.7. The van der Waals surface area contributed by atoms with Crippen LogP contribution in [0.2, 0.25) is 0 Å². The lowest BCUT2D eigenvalue weighted by Crippen LogP contribution is -2.50. The molecule has 2 unspecified atom stereocenters. The molecular formula is C45H56N14O17P2S. The number of hydrogen-bond donors (Lipinski definition) is 10. The number of ether oxygens (including phenoxy) is 2. The van der Waals surface area contributed by atoms with Crippen molar-refractivity contribution in [3.8, 4) is 0 Å². The Morgan fingerprint density at radius 1 is 0.949 bits per heavy atom. The maximum Gasteiger partial charge on any atom is 0.473 e. The van der Waals surface area contributed by atoms with E-state index in [9.17, 15) is 57.9 Å². The van der Waals surface area contributed by atoms with Crippen LogP contribution in [0.4, 0.5) is 17.5 Å². The minimum atomic E-state index is -5.23. The van der Waals surface area contributed by atoms with Crippen LogP contribution in [0.1, 0.15) is 64.2 Å². The summed E-state index contributed by atoms with van der Waals surface area (Å²) >= 11 is 0.502. The van der Waals surface area contributed by atoms with Crippen LogP contribution >= 0.6 is 26.0 Å². The van der Waals surface area contributed by atoms with E-state index in [1.165, 1.54) is 50.8 Å². The fourth-order valence-electron chi connectivity index (χ4n) is 8.37. The van der Waals surface area contributed by atoms with Crippen molar-refractivity contribution < 1.29 is 76.1 Å². The van der Waals surface area contributed by atoms with Crippen LogP contribution in [0, 0.1) is 0 Å². The Kier molecular flexibility index (Phi) is 18.1. The van der Waals surface area contributed by atoms with E-state index in [0.29, 0.717) is 53.1 Å². The van der Waals surface area contributed by atoms with Gasteiger partial charge in [-0.3, -0.25) is 61.4 Å². The van der Waals surface area contributed by atoms with E-state index in [-0.39, 0.29) is 78.0 Å². The molecule has 3 aliphatic rings. The van der Waals surface area contributed by atoms with Gasteiger partial charge in [0.1, 0.15) is 53.9 Å². The number of imide groups is 1. The van der Waals surface area contributed by atoms with Crippen LogP contribution in [0.15, 0.2) is 66.0 Å². The van der Waals surface area contributed by atoms with Gasteiger partial charge in [-0.05, 0) is 68.6 Å². The number of nitrogens with one attached hydrogen (secondary N) is 4. The Hall–Kier alpha value is -6.96. The van der Waals surface area contributed by atoms with Gasteiger partial charge in [0.25, 0.3) is 17.4 Å². The minimum Gasteiger partial charge on any atom is -0.485 e. The van der Waals surface area contributed by atoms with Crippen LogP contribution in [-0.4, -0.2) is 156 Å². The van der Waals surface area contributed by atoms with Crippen molar-refractivity contribution in [2.75, 3.05) is 43.1 Å². The van der Waals surface area contributed by atoms with Crippen molar-refractivity contribution in [3.05, 3.63) is 77.1 Å². The average molecular weight is 1160 g/mol. The molecule has 1 aromatic carbocycles. The second-order valence-electron chi connectivity index (χ2n) is 18.5. The predicted octanol–water partition coefficient (Wildman–Crippen LogP) is 0.708. The second-order valence-corrected chi connectivity index (χ2v) is 23.8. The zero-order chi connectivity index (χ0) is 56.8. The third kappa shape index (κ3) is 14.3. The summed E-state index contributed by atoms with van der Waals surface area (Å²) in [5.74, 6) is -2.91. The smallest absolute Gasteiger partial charge is 0.473 e. The molecule has 2 fully saturated rings. The first kappa shape index (κ1) is 58.2. The standard InChI is InChI=1S/C45H56N14O17P2S/c1-24(52-30(61)6-4-3-5-15-58-31(62)11-12-32(58)63)41(65)53-25(2)42(66)54-27-9-7-26(8-10-27)18-79-78(70,71)72-17-29-36(64)37(28(74-29)16-57-22-50-35-40(57)55-44(47)56-43(35)67)76-77(68,69)73-20-45(19-60)14-13-33(75-45)59-23-51-34-38(46)48-21-49-39(34)59/h7-12,16,21-25,29,33,36-37,60,64H,3-6,13-15,17-20H2,1-2H3,(H,52,61)(H,53,65)(H,54,66)(H,68,69)(H,70,71)(H2,46,48,49)(H3,47,55,56,67)/b28-16-/t24-,25-,29+,33+,36+,37-,45+/m0/s1. The fraction of sp³-hybridized carbons (Fsp3) is 0.444. The quantitative estimate of drug-likeness (QED) is 0.0218. The van der Waals surface area contributed by atoms with Gasteiger partial charge >= 0.3 is 14.6 Å². The maximum atomic E-state index is 13.7. The number of carbonyl (C=O) groups excluding carboxylic acids is 5. The number of aromatic nitrogens is 8. The lowest BCUT2D eigenvalue weighted by Gasteiger charge is -2.28. The van der Waals surface area contributed by atoms with E-state index >= 15 is 0 Å². The number of aliphatic hydroxyl groups is 2. The summed E-state index contributed by atoms with van der Waals surface area (Å²) in [6, 6.07) is 4.19. The number of aliphatic hydroxyl groups excluding tert-OH is 2. The molecule has 8 rings (SSSR count). The molecule has 9 atom stereocenters. The molecule has 424 valence electrons. The molecule has 12 N–H and O–H groups in total. The van der Waals surface area contributed by atoms with Crippen LogP contribution < -0.4 is 33.0 Å². The molecule has 7 heterocycles. The Morgan fingerprint density at radius 3 is 2.41 bits per heavy atom. The number of H-pyrrole nitrogens is 1. The van der Waals surface area contributed by atoms with Gasteiger partial charge in [-0.2, -0.15) is 4.98 Å². The number of hydrogen-bond acceptors (Lipinski definition) is 23. The molecule has 4 aromatic heterocycles. The highest BCUT2D eigenvalue weighted by Gasteiger charge is 2.49. The molecular weight excluding hydrogens is 1100 g/mol. The van der Waals surface area contributed by atoms with Crippen molar-refractivity contribution >= 4 is 102 Å². The van der Waals surface area contributed by atoms with Crippen molar-refractivity contribution in [2.24, 2.45) is 0 Å². The SMILES string of the molecule is C[C@H](NC(=O)CCCCCN1C(=O)C=CC1=O)C(=O)N[C@@H](C)C(=O)Nc1ccc(CSP(=O)(O)OC[C@H]2O/C(=C\n3cnc4c(=O)[nH]c(N)nc43)[C@H](OP(=O)(O)OC[C@]3(CO)CC[C@H](n4cnc5c(N)ncnc54)O3)[C@@H]2O)cc1. The molecule has 5 aromatic rings. The van der Waals surface area contributed by atoms with Crippen LogP contribution in [0.3, 0.4) is 0 Å². The lowest BCUT2D eigenvalue weighted by atomic mass is 10.0. The number of phosphoric ester groups is 1. The first-order valence-electron chi connectivity index (χ1n) is 24.3. The van der Waals surface area contributed by atoms with Crippen LogP contribution in [0.25, 0.3) is 28.5 Å². The van der Waals surface area contributed by atoms with Gasteiger partial charge in [-0.1, -0.05) is 18.6 Å².